The molecule has 0 aliphatic carbocycles. The molecule has 0 fully saturated rings. The lowest BCUT2D eigenvalue weighted by Crippen LogP contribution is -2.23. The molecule has 148 valence electrons. The zero-order valence-corrected chi connectivity index (χ0v) is 14.8. The smallest absolute Gasteiger partial charge is 0.338 e. The average molecular weight is 397 g/mol. The quantitative estimate of drug-likeness (QED) is 0.546. The second-order valence-electron chi connectivity index (χ2n) is 6.09. The van der Waals surface area contributed by atoms with Gasteiger partial charge in [0, 0.05) is 17.7 Å². The molecular formula is C19H16F5N3O. The Balaban J connectivity index is 1.72. The molecule has 1 heterocycles. The van der Waals surface area contributed by atoms with Crippen molar-refractivity contribution in [1.82, 2.24) is 15.0 Å². The molecule has 1 aromatic heterocycles. The number of benzene rings is 2. The molecule has 0 bridgehead atoms. The second-order valence-corrected chi connectivity index (χ2v) is 6.09. The molecule has 0 aliphatic heterocycles. The maximum Gasteiger partial charge on any atom is 0.416 e. The van der Waals surface area contributed by atoms with Crippen molar-refractivity contribution in [1.29, 1.82) is 0 Å². The van der Waals surface area contributed by atoms with E-state index >= 15 is 0 Å². The summed E-state index contributed by atoms with van der Waals surface area (Å²) < 4.78 is 70.7. The average Bonchev–Trinajstić information content (AvgIpc) is 3.12. The van der Waals surface area contributed by atoms with Crippen molar-refractivity contribution in [3.05, 3.63) is 71.1 Å². The molecule has 0 aliphatic rings. The van der Waals surface area contributed by atoms with Gasteiger partial charge in [-0.25, -0.2) is 8.78 Å². The molecule has 0 atom stereocenters. The number of rotatable bonds is 6. The number of nitrogens with zero attached hydrogens (tertiary/aromatic N) is 3. The van der Waals surface area contributed by atoms with Crippen molar-refractivity contribution in [2.75, 3.05) is 6.54 Å². The maximum atomic E-state index is 13.8. The largest absolute Gasteiger partial charge is 0.416 e. The molecule has 0 N–H and O–H groups in total. The minimum atomic E-state index is -4.43. The summed E-state index contributed by atoms with van der Waals surface area (Å²) in [6, 6.07) is 8.03. The van der Waals surface area contributed by atoms with Gasteiger partial charge < -0.3 is 4.52 Å². The van der Waals surface area contributed by atoms with E-state index in [9.17, 15) is 22.0 Å². The summed E-state index contributed by atoms with van der Waals surface area (Å²) >= 11 is 0. The molecule has 0 radical (unpaired) electrons. The van der Waals surface area contributed by atoms with Gasteiger partial charge in [-0.15, -0.1) is 0 Å². The van der Waals surface area contributed by atoms with Crippen LogP contribution in [0.2, 0.25) is 0 Å². The van der Waals surface area contributed by atoms with E-state index in [0.29, 0.717) is 12.1 Å². The van der Waals surface area contributed by atoms with E-state index in [0.717, 1.165) is 12.1 Å². The number of hydrogen-bond acceptors (Lipinski definition) is 4. The van der Waals surface area contributed by atoms with Crippen LogP contribution in [0.3, 0.4) is 0 Å². The molecule has 0 saturated heterocycles. The van der Waals surface area contributed by atoms with Crippen LogP contribution in [0.15, 0.2) is 47.0 Å². The van der Waals surface area contributed by atoms with Gasteiger partial charge in [0.1, 0.15) is 11.6 Å². The third-order valence-corrected chi connectivity index (χ3v) is 4.19. The van der Waals surface area contributed by atoms with Crippen LogP contribution < -0.4 is 0 Å². The number of aromatic nitrogens is 2. The minimum absolute atomic E-state index is 0.00694. The van der Waals surface area contributed by atoms with Gasteiger partial charge in [-0.1, -0.05) is 30.3 Å². The Morgan fingerprint density at radius 3 is 2.18 bits per heavy atom. The fourth-order valence-electron chi connectivity index (χ4n) is 2.62. The van der Waals surface area contributed by atoms with Crippen molar-refractivity contribution >= 4 is 0 Å². The van der Waals surface area contributed by atoms with E-state index in [-0.39, 0.29) is 30.4 Å². The lowest BCUT2D eigenvalue weighted by molar-refractivity contribution is -0.137. The van der Waals surface area contributed by atoms with Crippen LogP contribution in [0.5, 0.6) is 0 Å². The zero-order chi connectivity index (χ0) is 20.3. The van der Waals surface area contributed by atoms with Crippen LogP contribution in [0.1, 0.15) is 23.9 Å². The number of halogens is 5. The fraction of sp³-hybridized carbons (Fsp3) is 0.263. The lowest BCUT2D eigenvalue weighted by Gasteiger charge is -2.18. The molecule has 9 heteroatoms. The van der Waals surface area contributed by atoms with E-state index in [2.05, 4.69) is 10.1 Å². The molecule has 0 unspecified atom stereocenters. The molecule has 3 aromatic rings. The van der Waals surface area contributed by atoms with Crippen LogP contribution in [0.4, 0.5) is 22.0 Å². The van der Waals surface area contributed by atoms with Crippen LogP contribution >= 0.6 is 0 Å². The molecule has 3 rings (SSSR count). The Labute approximate surface area is 157 Å². The van der Waals surface area contributed by atoms with E-state index < -0.39 is 23.4 Å². The second kappa shape index (κ2) is 8.05. The summed E-state index contributed by atoms with van der Waals surface area (Å²) in [7, 11) is 0. The first-order chi connectivity index (χ1) is 13.3. The standard InChI is InChI=1S/C19H16F5N3O/c1-2-27(10-14-15(20)4-3-5-16(14)21)11-17-25-18(26-28-17)12-6-8-13(9-7-12)19(22,23)24/h3-9H,2,10-11H2,1H3. The van der Waals surface area contributed by atoms with Crippen LogP contribution in [-0.4, -0.2) is 21.6 Å². The van der Waals surface area contributed by atoms with Gasteiger partial charge in [0.2, 0.25) is 11.7 Å². The zero-order valence-electron chi connectivity index (χ0n) is 14.8. The first-order valence-corrected chi connectivity index (χ1v) is 8.43. The Morgan fingerprint density at radius 2 is 1.61 bits per heavy atom. The highest BCUT2D eigenvalue weighted by atomic mass is 19.4. The minimum Gasteiger partial charge on any atom is -0.338 e. The summed E-state index contributed by atoms with van der Waals surface area (Å²) in [5.41, 5.74) is -0.470. The van der Waals surface area contributed by atoms with E-state index in [1.54, 1.807) is 4.90 Å². The van der Waals surface area contributed by atoms with Crippen LogP contribution in [0, 0.1) is 11.6 Å². The van der Waals surface area contributed by atoms with Gasteiger partial charge in [0.25, 0.3) is 0 Å². The normalized spacial score (nSPS) is 12.0. The Hall–Kier alpha value is -2.81. The van der Waals surface area contributed by atoms with E-state index in [4.69, 9.17) is 4.52 Å². The highest BCUT2D eigenvalue weighted by Gasteiger charge is 2.30. The first kappa shape index (κ1) is 19.9. The molecule has 0 saturated carbocycles. The highest BCUT2D eigenvalue weighted by Crippen LogP contribution is 2.30. The van der Waals surface area contributed by atoms with Crippen molar-refractivity contribution in [2.24, 2.45) is 0 Å². The van der Waals surface area contributed by atoms with Crippen LogP contribution in [-0.2, 0) is 19.3 Å². The van der Waals surface area contributed by atoms with E-state index in [1.807, 2.05) is 6.92 Å². The summed E-state index contributed by atoms with van der Waals surface area (Å²) in [5, 5.41) is 3.77. The van der Waals surface area contributed by atoms with Crippen molar-refractivity contribution in [3.8, 4) is 11.4 Å². The van der Waals surface area contributed by atoms with E-state index in [1.165, 1.54) is 30.3 Å². The molecular weight excluding hydrogens is 381 g/mol. The van der Waals surface area contributed by atoms with Gasteiger partial charge in [0.15, 0.2) is 0 Å². The summed E-state index contributed by atoms with van der Waals surface area (Å²) in [5.74, 6) is -0.964. The van der Waals surface area contributed by atoms with Crippen LogP contribution in [0.25, 0.3) is 11.4 Å². The van der Waals surface area contributed by atoms with Gasteiger partial charge in [0.05, 0.1) is 12.1 Å². The van der Waals surface area contributed by atoms with Crippen molar-refractivity contribution < 1.29 is 26.5 Å². The van der Waals surface area contributed by atoms with Gasteiger partial charge in [-0.05, 0) is 30.8 Å². The third kappa shape index (κ3) is 4.53. The highest BCUT2D eigenvalue weighted by molar-refractivity contribution is 5.54. The monoisotopic (exact) mass is 397 g/mol. The van der Waals surface area contributed by atoms with Crippen molar-refractivity contribution in [2.45, 2.75) is 26.2 Å². The SMILES string of the molecule is CCN(Cc1nc(-c2ccc(C(F)(F)F)cc2)no1)Cc1c(F)cccc1F. The molecule has 4 nitrogen and oxygen atoms in total. The summed E-state index contributed by atoms with van der Waals surface area (Å²) in [6.07, 6.45) is -4.43. The molecule has 28 heavy (non-hydrogen) atoms. The number of hydrogen-bond donors (Lipinski definition) is 0. The lowest BCUT2D eigenvalue weighted by atomic mass is 10.1. The molecule has 2 aromatic carbocycles. The Bertz CT molecular complexity index is 917. The van der Waals surface area contributed by atoms with Crippen molar-refractivity contribution in [3.63, 3.8) is 0 Å². The predicted octanol–water partition coefficient (Wildman–Crippen LogP) is 5.06. The predicted molar refractivity (Wildman–Crippen MR) is 90.9 cm³/mol. The third-order valence-electron chi connectivity index (χ3n) is 4.19. The number of alkyl halides is 3. The molecule has 0 spiro atoms. The first-order valence-electron chi connectivity index (χ1n) is 8.43. The topological polar surface area (TPSA) is 42.2 Å². The summed E-state index contributed by atoms with van der Waals surface area (Å²) in [6.45, 7) is 2.42. The van der Waals surface area contributed by atoms with Gasteiger partial charge in [-0.3, -0.25) is 4.90 Å². The maximum absolute atomic E-state index is 13.8. The Kier molecular flexibility index (Phi) is 5.73. The summed E-state index contributed by atoms with van der Waals surface area (Å²) in [4.78, 5) is 5.86. The van der Waals surface area contributed by atoms with Gasteiger partial charge in [-0.2, -0.15) is 18.2 Å². The fourth-order valence-corrected chi connectivity index (χ4v) is 2.62. The molecule has 0 amide bonds. The Morgan fingerprint density at radius 1 is 0.964 bits per heavy atom. The van der Waals surface area contributed by atoms with Gasteiger partial charge >= 0.3 is 6.18 Å².